The van der Waals surface area contributed by atoms with Crippen LogP contribution >= 0.6 is 0 Å². The van der Waals surface area contributed by atoms with Gasteiger partial charge in [0, 0.05) is 0 Å². The van der Waals surface area contributed by atoms with Crippen LogP contribution in [0.4, 0.5) is 0 Å². The number of benzene rings is 2. The lowest BCUT2D eigenvalue weighted by atomic mass is 9.77. The maximum Gasteiger partial charge on any atom is 0.151 e. The first-order chi connectivity index (χ1) is 22.7. The van der Waals surface area contributed by atoms with Gasteiger partial charge in [0.25, 0.3) is 0 Å². The van der Waals surface area contributed by atoms with Gasteiger partial charge in [0.1, 0.15) is 30.7 Å². The van der Waals surface area contributed by atoms with E-state index < -0.39 is 0 Å². The van der Waals surface area contributed by atoms with Gasteiger partial charge < -0.3 is 14.2 Å². The quantitative estimate of drug-likeness (QED) is 0.105. The minimum absolute atomic E-state index is 0.137. The third kappa shape index (κ3) is 9.15. The van der Waals surface area contributed by atoms with E-state index in [1.165, 1.54) is 114 Å². The Balaban J connectivity index is 0.887. The first-order valence-electron chi connectivity index (χ1n) is 19.1. The molecule has 0 radical (unpaired) electrons. The summed E-state index contributed by atoms with van der Waals surface area (Å²) in [5.41, 5.74) is 4.06. The lowest BCUT2D eigenvalue weighted by Gasteiger charge is -2.29. The molecule has 2 heterocycles. The molecule has 5 heteroatoms. The standard InChI is InChI=1S/C41H60O5/c1-3-5-7-9-30-11-17-33(18-12-30)35-21-15-32(16-22-35)27-44-46-39-29-43-40-38(28-42-41(39)40)45-37-25-23-36(24-26-37)34-19-13-31(14-20-34)10-8-6-4-2/h15-16,21-26,30-31,33-34,38-41H,3-14,17-20,27-29H2,1-2H3. The second-order valence-electron chi connectivity index (χ2n) is 14.9. The van der Waals surface area contributed by atoms with Crippen LogP contribution in [0.2, 0.25) is 0 Å². The Morgan fingerprint density at radius 2 is 1.09 bits per heavy atom. The molecule has 2 aliphatic heterocycles. The third-order valence-electron chi connectivity index (χ3n) is 11.6. The second kappa shape index (κ2) is 17.5. The number of fused-ring (bicyclic) bond motifs is 1. The maximum atomic E-state index is 6.37. The Labute approximate surface area is 279 Å². The molecule has 46 heavy (non-hydrogen) atoms. The maximum absolute atomic E-state index is 6.37. The molecule has 4 fully saturated rings. The van der Waals surface area contributed by atoms with Gasteiger partial charge in [-0.3, -0.25) is 0 Å². The molecule has 0 amide bonds. The zero-order chi connectivity index (χ0) is 31.6. The lowest BCUT2D eigenvalue weighted by Crippen LogP contribution is -2.35. The second-order valence-corrected chi connectivity index (χ2v) is 14.9. The summed E-state index contributed by atoms with van der Waals surface area (Å²) in [7, 11) is 0. The van der Waals surface area contributed by atoms with E-state index in [4.69, 9.17) is 24.0 Å². The monoisotopic (exact) mass is 632 g/mol. The summed E-state index contributed by atoms with van der Waals surface area (Å²) in [6.07, 6.45) is 21.2. The van der Waals surface area contributed by atoms with Gasteiger partial charge in [-0.05, 0) is 104 Å². The van der Waals surface area contributed by atoms with Crippen molar-refractivity contribution in [2.45, 2.75) is 159 Å². The van der Waals surface area contributed by atoms with Crippen molar-refractivity contribution in [3.05, 3.63) is 65.2 Å². The van der Waals surface area contributed by atoms with E-state index in [0.717, 1.165) is 23.1 Å². The fourth-order valence-electron chi connectivity index (χ4n) is 8.62. The van der Waals surface area contributed by atoms with Gasteiger partial charge >= 0.3 is 0 Å². The predicted octanol–water partition coefficient (Wildman–Crippen LogP) is 10.5. The van der Waals surface area contributed by atoms with E-state index in [1.54, 1.807) is 0 Å². The molecule has 4 atom stereocenters. The highest BCUT2D eigenvalue weighted by molar-refractivity contribution is 5.30. The van der Waals surface area contributed by atoms with Crippen LogP contribution in [-0.2, 0) is 25.9 Å². The van der Waals surface area contributed by atoms with Gasteiger partial charge in [-0.1, -0.05) is 102 Å². The van der Waals surface area contributed by atoms with Gasteiger partial charge in [0.15, 0.2) is 6.10 Å². The Morgan fingerprint density at radius 3 is 1.63 bits per heavy atom. The van der Waals surface area contributed by atoms with Gasteiger partial charge in [-0.15, -0.1) is 0 Å². The summed E-state index contributed by atoms with van der Waals surface area (Å²) in [6.45, 7) is 5.97. The first kappa shape index (κ1) is 34.0. The van der Waals surface area contributed by atoms with Gasteiger partial charge in [0.05, 0.1) is 13.2 Å². The van der Waals surface area contributed by atoms with E-state index in [2.05, 4.69) is 62.4 Å². The molecule has 2 saturated heterocycles. The zero-order valence-electron chi connectivity index (χ0n) is 28.7. The Morgan fingerprint density at radius 1 is 0.587 bits per heavy atom. The van der Waals surface area contributed by atoms with E-state index in [1.807, 2.05) is 0 Å². The van der Waals surface area contributed by atoms with E-state index in [0.29, 0.717) is 31.7 Å². The molecule has 5 nitrogen and oxygen atoms in total. The van der Waals surface area contributed by atoms with Crippen LogP contribution in [0.5, 0.6) is 5.75 Å². The zero-order valence-corrected chi connectivity index (χ0v) is 28.7. The van der Waals surface area contributed by atoms with Crippen LogP contribution in [0.15, 0.2) is 48.5 Å². The molecule has 6 rings (SSSR count). The molecule has 4 aliphatic rings. The van der Waals surface area contributed by atoms with Crippen LogP contribution in [0.3, 0.4) is 0 Å². The van der Waals surface area contributed by atoms with E-state index >= 15 is 0 Å². The molecule has 0 bridgehead atoms. The molecule has 254 valence electrons. The van der Waals surface area contributed by atoms with Crippen molar-refractivity contribution in [2.24, 2.45) is 11.8 Å². The van der Waals surface area contributed by atoms with Crippen LogP contribution in [0, 0.1) is 11.8 Å². The summed E-state index contributed by atoms with van der Waals surface area (Å²) >= 11 is 0. The number of ether oxygens (including phenoxy) is 3. The number of hydrogen-bond acceptors (Lipinski definition) is 5. The SMILES string of the molecule is CCCCCC1CCC(c2ccc(COOC3COC4C(Oc5ccc(C6CCC(CCCCC)CC6)cc5)COC34)cc2)CC1. The molecular weight excluding hydrogens is 572 g/mol. The highest BCUT2D eigenvalue weighted by Crippen LogP contribution is 2.40. The Bertz CT molecular complexity index is 1130. The molecule has 2 aromatic carbocycles. The smallest absolute Gasteiger partial charge is 0.151 e. The minimum atomic E-state index is -0.245. The normalized spacial score (nSPS) is 31.2. The molecule has 2 aromatic rings. The van der Waals surface area contributed by atoms with Gasteiger partial charge in [-0.2, -0.15) is 0 Å². The van der Waals surface area contributed by atoms with E-state index in [-0.39, 0.29) is 24.4 Å². The van der Waals surface area contributed by atoms with Crippen molar-refractivity contribution in [3.8, 4) is 5.75 Å². The molecule has 4 unspecified atom stereocenters. The summed E-state index contributed by atoms with van der Waals surface area (Å²) in [4.78, 5) is 11.5. The molecule has 2 saturated carbocycles. The molecule has 0 N–H and O–H groups in total. The topological polar surface area (TPSA) is 46.2 Å². The van der Waals surface area contributed by atoms with Crippen LogP contribution in [0.1, 0.15) is 145 Å². The number of unbranched alkanes of at least 4 members (excludes halogenated alkanes) is 4. The molecule has 2 aliphatic carbocycles. The lowest BCUT2D eigenvalue weighted by molar-refractivity contribution is -0.341. The fourth-order valence-corrected chi connectivity index (χ4v) is 8.62. The van der Waals surface area contributed by atoms with Crippen LogP contribution in [0.25, 0.3) is 0 Å². The van der Waals surface area contributed by atoms with Crippen molar-refractivity contribution in [3.63, 3.8) is 0 Å². The Hall–Kier alpha value is -1.92. The predicted molar refractivity (Wildman–Crippen MR) is 184 cm³/mol. The van der Waals surface area contributed by atoms with Crippen molar-refractivity contribution < 1.29 is 24.0 Å². The average Bonchev–Trinajstić information content (AvgIpc) is 3.69. The van der Waals surface area contributed by atoms with Crippen molar-refractivity contribution in [1.82, 2.24) is 0 Å². The highest BCUT2D eigenvalue weighted by Gasteiger charge is 2.50. The molecule has 0 aromatic heterocycles. The Kier molecular flexibility index (Phi) is 12.9. The largest absolute Gasteiger partial charge is 0.485 e. The minimum Gasteiger partial charge on any atom is -0.485 e. The fraction of sp³-hybridized carbons (Fsp3) is 0.707. The van der Waals surface area contributed by atoms with Crippen molar-refractivity contribution in [1.29, 1.82) is 0 Å². The summed E-state index contributed by atoms with van der Waals surface area (Å²) in [5, 5.41) is 0. The summed E-state index contributed by atoms with van der Waals surface area (Å²) < 4.78 is 18.6. The first-order valence-corrected chi connectivity index (χ1v) is 19.1. The van der Waals surface area contributed by atoms with Gasteiger partial charge in [0.2, 0.25) is 0 Å². The van der Waals surface area contributed by atoms with E-state index in [9.17, 15) is 0 Å². The summed E-state index contributed by atoms with van der Waals surface area (Å²) in [6, 6.07) is 17.8. The third-order valence-corrected chi connectivity index (χ3v) is 11.6. The molecule has 0 spiro atoms. The summed E-state index contributed by atoms with van der Waals surface area (Å²) in [5.74, 6) is 4.17. The number of rotatable bonds is 16. The van der Waals surface area contributed by atoms with Gasteiger partial charge in [-0.25, -0.2) is 9.78 Å². The van der Waals surface area contributed by atoms with Crippen molar-refractivity contribution in [2.75, 3.05) is 13.2 Å². The van der Waals surface area contributed by atoms with Crippen LogP contribution < -0.4 is 4.74 Å². The highest BCUT2D eigenvalue weighted by atomic mass is 17.2. The molecular formula is C41H60O5. The van der Waals surface area contributed by atoms with Crippen LogP contribution in [-0.4, -0.2) is 37.6 Å². The number of hydrogen-bond donors (Lipinski definition) is 0. The average molecular weight is 633 g/mol. The van der Waals surface area contributed by atoms with Crippen molar-refractivity contribution >= 4 is 0 Å².